The summed E-state index contributed by atoms with van der Waals surface area (Å²) in [6.45, 7) is 6.29. The number of hydrogen-bond donors (Lipinski definition) is 0. The summed E-state index contributed by atoms with van der Waals surface area (Å²) in [5.41, 5.74) is 1.77. The van der Waals surface area contributed by atoms with Crippen molar-refractivity contribution >= 4 is 6.03 Å². The van der Waals surface area contributed by atoms with E-state index >= 15 is 0 Å². The second kappa shape index (κ2) is 5.73. The van der Waals surface area contributed by atoms with Gasteiger partial charge in [0.25, 0.3) is 0 Å². The molecule has 2 heterocycles. The molecule has 2 aromatic rings. The SMILES string of the molecule is CCCc1nnn(C(=O)n2ccnn2)c1CC(C)C. The van der Waals surface area contributed by atoms with Crippen molar-refractivity contribution in [3.8, 4) is 0 Å². The molecular formula is C12H18N6O. The van der Waals surface area contributed by atoms with Crippen LogP contribution in [0, 0.1) is 5.92 Å². The predicted molar refractivity (Wildman–Crippen MR) is 68.8 cm³/mol. The number of nitrogens with zero attached hydrogens (tertiary/aromatic N) is 6. The number of hydrogen-bond acceptors (Lipinski definition) is 5. The molecule has 0 bridgehead atoms. The summed E-state index contributed by atoms with van der Waals surface area (Å²) in [4.78, 5) is 12.2. The minimum absolute atomic E-state index is 0.344. The van der Waals surface area contributed by atoms with Gasteiger partial charge in [-0.25, -0.2) is 4.79 Å². The van der Waals surface area contributed by atoms with Crippen LogP contribution >= 0.6 is 0 Å². The highest BCUT2D eigenvalue weighted by Crippen LogP contribution is 2.14. The minimum Gasteiger partial charge on any atom is -0.243 e. The lowest BCUT2D eigenvalue weighted by Crippen LogP contribution is -2.24. The van der Waals surface area contributed by atoms with Gasteiger partial charge in [0.1, 0.15) is 0 Å². The number of aryl methyl sites for hydroxylation is 1. The Morgan fingerprint density at radius 2 is 2.16 bits per heavy atom. The molecule has 19 heavy (non-hydrogen) atoms. The highest BCUT2D eigenvalue weighted by Gasteiger charge is 2.20. The van der Waals surface area contributed by atoms with E-state index in [-0.39, 0.29) is 6.03 Å². The van der Waals surface area contributed by atoms with Crippen molar-refractivity contribution in [2.75, 3.05) is 0 Å². The molecule has 0 aliphatic carbocycles. The van der Waals surface area contributed by atoms with E-state index in [2.05, 4.69) is 41.4 Å². The van der Waals surface area contributed by atoms with Crippen molar-refractivity contribution in [2.45, 2.75) is 40.0 Å². The van der Waals surface area contributed by atoms with Crippen molar-refractivity contribution in [1.29, 1.82) is 0 Å². The fraction of sp³-hybridized carbons (Fsp3) is 0.583. The van der Waals surface area contributed by atoms with Gasteiger partial charge in [-0.3, -0.25) is 0 Å². The van der Waals surface area contributed by atoms with E-state index in [1.165, 1.54) is 17.1 Å². The largest absolute Gasteiger partial charge is 0.372 e. The number of aromatic nitrogens is 6. The highest BCUT2D eigenvalue weighted by atomic mass is 16.2. The Bertz CT molecular complexity index is 543. The van der Waals surface area contributed by atoms with E-state index in [4.69, 9.17) is 0 Å². The van der Waals surface area contributed by atoms with Gasteiger partial charge in [0.15, 0.2) is 0 Å². The predicted octanol–water partition coefficient (Wildman–Crippen LogP) is 1.54. The lowest BCUT2D eigenvalue weighted by atomic mass is 10.0. The van der Waals surface area contributed by atoms with Crippen LogP contribution in [0.25, 0.3) is 0 Å². The first-order valence-corrected chi connectivity index (χ1v) is 6.48. The summed E-state index contributed by atoms with van der Waals surface area (Å²) in [5.74, 6) is 0.427. The van der Waals surface area contributed by atoms with E-state index in [1.807, 2.05) is 0 Å². The molecule has 0 unspecified atom stereocenters. The van der Waals surface area contributed by atoms with Gasteiger partial charge in [0.05, 0.1) is 23.8 Å². The normalized spacial score (nSPS) is 11.2. The van der Waals surface area contributed by atoms with Crippen LogP contribution in [0.1, 0.15) is 38.6 Å². The summed E-state index contributed by atoms with van der Waals surface area (Å²) in [6.07, 6.45) is 5.53. The topological polar surface area (TPSA) is 78.5 Å². The van der Waals surface area contributed by atoms with Gasteiger partial charge >= 0.3 is 6.03 Å². The van der Waals surface area contributed by atoms with Crippen molar-refractivity contribution in [1.82, 2.24) is 30.0 Å². The highest BCUT2D eigenvalue weighted by molar-refractivity contribution is 5.77. The van der Waals surface area contributed by atoms with Crippen LogP contribution in [0.15, 0.2) is 12.4 Å². The second-order valence-electron chi connectivity index (χ2n) is 4.87. The molecule has 0 fully saturated rings. The quantitative estimate of drug-likeness (QED) is 0.835. The van der Waals surface area contributed by atoms with Crippen molar-refractivity contribution < 1.29 is 4.79 Å². The fourth-order valence-corrected chi connectivity index (χ4v) is 1.92. The van der Waals surface area contributed by atoms with Crippen LogP contribution in [-0.2, 0) is 12.8 Å². The van der Waals surface area contributed by atoms with Gasteiger partial charge < -0.3 is 0 Å². The summed E-state index contributed by atoms with van der Waals surface area (Å²) in [6, 6.07) is -0.344. The molecule has 7 nitrogen and oxygen atoms in total. The standard InChI is InChI=1S/C12H18N6O/c1-4-5-10-11(8-9(2)3)18(16-14-10)12(19)17-7-6-13-15-17/h6-7,9H,4-5,8H2,1-3H3. The minimum atomic E-state index is -0.344. The van der Waals surface area contributed by atoms with Crippen LogP contribution in [0.2, 0.25) is 0 Å². The molecule has 2 aromatic heterocycles. The third kappa shape index (κ3) is 2.86. The Labute approximate surface area is 111 Å². The molecule has 0 atom stereocenters. The van der Waals surface area contributed by atoms with Crippen molar-refractivity contribution in [3.63, 3.8) is 0 Å². The van der Waals surface area contributed by atoms with Crippen LogP contribution in [-0.4, -0.2) is 36.0 Å². The zero-order valence-corrected chi connectivity index (χ0v) is 11.4. The van der Waals surface area contributed by atoms with E-state index < -0.39 is 0 Å². The lowest BCUT2D eigenvalue weighted by molar-refractivity contribution is 0.236. The monoisotopic (exact) mass is 262 g/mol. The van der Waals surface area contributed by atoms with Crippen LogP contribution < -0.4 is 0 Å². The van der Waals surface area contributed by atoms with E-state index in [0.717, 1.165) is 35.3 Å². The van der Waals surface area contributed by atoms with Gasteiger partial charge in [-0.2, -0.15) is 9.36 Å². The molecule has 0 amide bonds. The Balaban J connectivity index is 2.36. The molecule has 7 heteroatoms. The molecule has 2 rings (SSSR count). The molecule has 0 saturated carbocycles. The molecule has 0 aliphatic rings. The Kier molecular flexibility index (Phi) is 4.03. The van der Waals surface area contributed by atoms with Crippen LogP contribution in [0.3, 0.4) is 0 Å². The van der Waals surface area contributed by atoms with E-state index in [1.54, 1.807) is 0 Å². The summed E-state index contributed by atoms with van der Waals surface area (Å²) in [5, 5.41) is 15.4. The van der Waals surface area contributed by atoms with Gasteiger partial charge in [-0.1, -0.05) is 37.6 Å². The zero-order chi connectivity index (χ0) is 13.8. The second-order valence-corrected chi connectivity index (χ2v) is 4.87. The van der Waals surface area contributed by atoms with Gasteiger partial charge in [0, 0.05) is 0 Å². The van der Waals surface area contributed by atoms with Crippen LogP contribution in [0.4, 0.5) is 4.79 Å². The number of rotatable bonds is 4. The Morgan fingerprint density at radius 1 is 1.37 bits per heavy atom. The third-order valence-electron chi connectivity index (χ3n) is 2.73. The molecule has 0 aliphatic heterocycles. The molecule has 0 aromatic carbocycles. The maximum absolute atomic E-state index is 12.2. The third-order valence-corrected chi connectivity index (χ3v) is 2.73. The number of carbonyl (C=O) groups excluding carboxylic acids is 1. The Hall–Kier alpha value is -2.05. The maximum Gasteiger partial charge on any atom is 0.372 e. The molecule has 0 spiro atoms. The van der Waals surface area contributed by atoms with E-state index in [0.29, 0.717) is 5.92 Å². The van der Waals surface area contributed by atoms with Crippen LogP contribution in [0.5, 0.6) is 0 Å². The van der Waals surface area contributed by atoms with Gasteiger partial charge in [-0.05, 0) is 18.8 Å². The molecule has 102 valence electrons. The van der Waals surface area contributed by atoms with Gasteiger partial charge in [-0.15, -0.1) is 10.2 Å². The number of carbonyl (C=O) groups is 1. The molecular weight excluding hydrogens is 244 g/mol. The summed E-state index contributed by atoms with van der Waals surface area (Å²) in [7, 11) is 0. The molecule has 0 N–H and O–H groups in total. The fourth-order valence-electron chi connectivity index (χ4n) is 1.92. The summed E-state index contributed by atoms with van der Waals surface area (Å²) >= 11 is 0. The molecule has 0 saturated heterocycles. The zero-order valence-electron chi connectivity index (χ0n) is 11.4. The van der Waals surface area contributed by atoms with Crippen molar-refractivity contribution in [3.05, 3.63) is 23.8 Å². The molecule has 0 radical (unpaired) electrons. The van der Waals surface area contributed by atoms with Gasteiger partial charge in [0.2, 0.25) is 0 Å². The average molecular weight is 262 g/mol. The smallest absolute Gasteiger partial charge is 0.243 e. The van der Waals surface area contributed by atoms with E-state index in [9.17, 15) is 4.79 Å². The first-order valence-electron chi connectivity index (χ1n) is 6.48. The average Bonchev–Trinajstić information content (AvgIpc) is 2.99. The maximum atomic E-state index is 12.2. The first kappa shape index (κ1) is 13.4. The lowest BCUT2D eigenvalue weighted by Gasteiger charge is -2.08. The first-order chi connectivity index (χ1) is 9.13. The van der Waals surface area contributed by atoms with Crippen molar-refractivity contribution in [2.24, 2.45) is 5.92 Å². The Morgan fingerprint density at radius 3 is 2.74 bits per heavy atom. The summed E-state index contributed by atoms with van der Waals surface area (Å²) < 4.78 is 2.49.